The molecule has 2 aromatic carbocycles. The molecular weight excluding hydrogens is 314 g/mol. The monoisotopic (exact) mass is 327 g/mol. The first-order valence-corrected chi connectivity index (χ1v) is 7.47. The molecule has 3 aromatic rings. The lowest BCUT2D eigenvalue weighted by Crippen LogP contribution is -2.32. The van der Waals surface area contributed by atoms with Crippen molar-refractivity contribution in [3.05, 3.63) is 65.4 Å². The number of aliphatic carboxylic acids is 1. The molecule has 3 rings (SSSR count). The predicted octanol–water partition coefficient (Wildman–Crippen LogP) is 3.39. The molecule has 0 saturated carbocycles. The van der Waals surface area contributed by atoms with Crippen LogP contribution in [-0.4, -0.2) is 27.1 Å². The molecule has 6 heteroatoms. The number of hydrogen-bond donors (Lipinski definition) is 2. The van der Waals surface area contributed by atoms with Gasteiger partial charge in [0.15, 0.2) is 0 Å². The van der Waals surface area contributed by atoms with Crippen molar-refractivity contribution >= 4 is 34.3 Å². The number of carbonyl (C=O) groups is 1. The third-order valence-electron chi connectivity index (χ3n) is 3.47. The third kappa shape index (κ3) is 3.57. The number of hydrogen-bond acceptors (Lipinski definition) is 4. The molecule has 0 aliphatic heterocycles. The molecule has 0 fully saturated rings. The first-order chi connectivity index (χ1) is 11.1. The van der Waals surface area contributed by atoms with E-state index in [4.69, 9.17) is 11.6 Å². The summed E-state index contributed by atoms with van der Waals surface area (Å²) in [6, 6.07) is 15.9. The average molecular weight is 328 g/mol. The Morgan fingerprint density at radius 2 is 1.78 bits per heavy atom. The number of carboxylic acid groups (broad SMARTS) is 1. The standard InChI is InChI=1S/C17H14ClN3O2/c18-17-20-13-9-5-4-8-12(13)15(21-17)19-14(16(22)23)10-11-6-2-1-3-7-11/h1-9,14H,10H2,(H,22,23)(H,19,20,21). The van der Waals surface area contributed by atoms with Crippen molar-refractivity contribution in [1.82, 2.24) is 9.97 Å². The van der Waals surface area contributed by atoms with Gasteiger partial charge in [0, 0.05) is 11.8 Å². The van der Waals surface area contributed by atoms with Crippen LogP contribution in [0, 0.1) is 0 Å². The molecule has 0 aliphatic rings. The molecule has 1 aromatic heterocycles. The van der Waals surface area contributed by atoms with Crippen molar-refractivity contribution in [2.75, 3.05) is 5.32 Å². The van der Waals surface area contributed by atoms with Crippen LogP contribution in [0.5, 0.6) is 0 Å². The number of benzene rings is 2. The van der Waals surface area contributed by atoms with Crippen LogP contribution < -0.4 is 5.32 Å². The summed E-state index contributed by atoms with van der Waals surface area (Å²) >= 11 is 5.94. The quantitative estimate of drug-likeness (QED) is 0.702. The Hall–Kier alpha value is -2.66. The number of rotatable bonds is 5. The van der Waals surface area contributed by atoms with Crippen LogP contribution in [0.1, 0.15) is 5.56 Å². The second-order valence-corrected chi connectivity index (χ2v) is 5.42. The maximum Gasteiger partial charge on any atom is 0.326 e. The fourth-order valence-electron chi connectivity index (χ4n) is 2.37. The van der Waals surface area contributed by atoms with E-state index in [1.54, 1.807) is 6.07 Å². The second-order valence-electron chi connectivity index (χ2n) is 5.08. The van der Waals surface area contributed by atoms with Crippen molar-refractivity contribution < 1.29 is 9.90 Å². The summed E-state index contributed by atoms with van der Waals surface area (Å²) in [4.78, 5) is 19.9. The molecule has 1 unspecified atom stereocenters. The predicted molar refractivity (Wildman–Crippen MR) is 89.7 cm³/mol. The Bertz CT molecular complexity index is 840. The highest BCUT2D eigenvalue weighted by molar-refractivity contribution is 6.28. The number of nitrogens with one attached hydrogen (secondary N) is 1. The van der Waals surface area contributed by atoms with E-state index in [9.17, 15) is 9.90 Å². The highest BCUT2D eigenvalue weighted by Gasteiger charge is 2.20. The van der Waals surface area contributed by atoms with Crippen molar-refractivity contribution in [3.63, 3.8) is 0 Å². The SMILES string of the molecule is O=C(O)C(Cc1ccccc1)Nc1nc(Cl)nc2ccccc12. The van der Waals surface area contributed by atoms with Gasteiger partial charge in [0.05, 0.1) is 5.52 Å². The molecule has 0 spiro atoms. The molecule has 0 radical (unpaired) electrons. The molecule has 1 atom stereocenters. The number of anilines is 1. The molecule has 0 bridgehead atoms. The number of aromatic nitrogens is 2. The number of fused-ring (bicyclic) bond motifs is 1. The number of nitrogens with zero attached hydrogens (tertiary/aromatic N) is 2. The lowest BCUT2D eigenvalue weighted by atomic mass is 10.1. The molecule has 116 valence electrons. The smallest absolute Gasteiger partial charge is 0.326 e. The largest absolute Gasteiger partial charge is 0.480 e. The van der Waals surface area contributed by atoms with E-state index in [2.05, 4.69) is 15.3 Å². The summed E-state index contributed by atoms with van der Waals surface area (Å²) in [5.74, 6) is -0.531. The summed E-state index contributed by atoms with van der Waals surface area (Å²) < 4.78 is 0. The molecule has 23 heavy (non-hydrogen) atoms. The van der Waals surface area contributed by atoms with Crippen LogP contribution in [0.2, 0.25) is 5.28 Å². The van der Waals surface area contributed by atoms with Gasteiger partial charge in [-0.3, -0.25) is 0 Å². The molecule has 0 aliphatic carbocycles. The Morgan fingerprint density at radius 1 is 1.09 bits per heavy atom. The van der Waals surface area contributed by atoms with E-state index in [-0.39, 0.29) is 5.28 Å². The van der Waals surface area contributed by atoms with Crippen LogP contribution in [0.15, 0.2) is 54.6 Å². The summed E-state index contributed by atoms with van der Waals surface area (Å²) in [6.45, 7) is 0. The molecular formula is C17H14ClN3O2. The second kappa shape index (κ2) is 6.62. The fraction of sp³-hybridized carbons (Fsp3) is 0.118. The number of para-hydroxylation sites is 1. The summed E-state index contributed by atoms with van der Waals surface area (Å²) in [5, 5.41) is 13.3. The van der Waals surface area contributed by atoms with E-state index >= 15 is 0 Å². The third-order valence-corrected chi connectivity index (χ3v) is 3.64. The maximum absolute atomic E-state index is 11.6. The Balaban J connectivity index is 1.93. The minimum Gasteiger partial charge on any atom is -0.480 e. The normalized spacial score (nSPS) is 12.0. The van der Waals surface area contributed by atoms with Gasteiger partial charge in [0.25, 0.3) is 0 Å². The van der Waals surface area contributed by atoms with Gasteiger partial charge in [0.1, 0.15) is 11.9 Å². The number of carboxylic acids is 1. The average Bonchev–Trinajstić information content (AvgIpc) is 2.55. The van der Waals surface area contributed by atoms with Crippen LogP contribution >= 0.6 is 11.6 Å². The Kier molecular flexibility index (Phi) is 4.39. The summed E-state index contributed by atoms with van der Waals surface area (Å²) in [5.41, 5.74) is 1.59. The lowest BCUT2D eigenvalue weighted by Gasteiger charge is -2.16. The first-order valence-electron chi connectivity index (χ1n) is 7.09. The topological polar surface area (TPSA) is 75.1 Å². The molecule has 0 amide bonds. The summed E-state index contributed by atoms with van der Waals surface area (Å²) in [6.07, 6.45) is 0.339. The fourth-order valence-corrected chi connectivity index (χ4v) is 2.55. The van der Waals surface area contributed by atoms with Gasteiger partial charge < -0.3 is 10.4 Å². The van der Waals surface area contributed by atoms with E-state index in [0.29, 0.717) is 17.8 Å². The summed E-state index contributed by atoms with van der Waals surface area (Å²) in [7, 11) is 0. The zero-order valence-electron chi connectivity index (χ0n) is 12.1. The highest BCUT2D eigenvalue weighted by atomic mass is 35.5. The van der Waals surface area contributed by atoms with Crippen LogP contribution in [0.25, 0.3) is 10.9 Å². The van der Waals surface area contributed by atoms with Gasteiger partial charge in [-0.1, -0.05) is 42.5 Å². The van der Waals surface area contributed by atoms with Gasteiger partial charge in [0.2, 0.25) is 5.28 Å². The lowest BCUT2D eigenvalue weighted by molar-refractivity contribution is -0.137. The number of halogens is 1. The zero-order chi connectivity index (χ0) is 16.2. The van der Waals surface area contributed by atoms with E-state index in [0.717, 1.165) is 10.9 Å². The highest BCUT2D eigenvalue weighted by Crippen LogP contribution is 2.23. The van der Waals surface area contributed by atoms with Gasteiger partial charge in [-0.2, -0.15) is 0 Å². The van der Waals surface area contributed by atoms with Crippen LogP contribution in [0.3, 0.4) is 0 Å². The Morgan fingerprint density at radius 3 is 2.52 bits per heavy atom. The van der Waals surface area contributed by atoms with E-state index in [1.165, 1.54) is 0 Å². The van der Waals surface area contributed by atoms with Crippen molar-refractivity contribution in [2.45, 2.75) is 12.5 Å². The van der Waals surface area contributed by atoms with Gasteiger partial charge in [-0.25, -0.2) is 14.8 Å². The minimum atomic E-state index is -0.951. The molecule has 5 nitrogen and oxygen atoms in total. The van der Waals surface area contributed by atoms with Crippen molar-refractivity contribution in [1.29, 1.82) is 0 Å². The zero-order valence-corrected chi connectivity index (χ0v) is 12.9. The minimum absolute atomic E-state index is 0.0787. The maximum atomic E-state index is 11.6. The van der Waals surface area contributed by atoms with Crippen molar-refractivity contribution in [3.8, 4) is 0 Å². The van der Waals surface area contributed by atoms with E-state index < -0.39 is 12.0 Å². The van der Waals surface area contributed by atoms with E-state index in [1.807, 2.05) is 48.5 Å². The molecule has 0 saturated heterocycles. The Labute approximate surface area is 138 Å². The first kappa shape index (κ1) is 15.2. The van der Waals surface area contributed by atoms with Gasteiger partial charge in [-0.05, 0) is 29.3 Å². The molecule has 2 N–H and O–H groups in total. The van der Waals surface area contributed by atoms with Gasteiger partial charge in [-0.15, -0.1) is 0 Å². The van der Waals surface area contributed by atoms with Crippen molar-refractivity contribution in [2.24, 2.45) is 0 Å². The van der Waals surface area contributed by atoms with Crippen LogP contribution in [-0.2, 0) is 11.2 Å². The van der Waals surface area contributed by atoms with Gasteiger partial charge >= 0.3 is 5.97 Å². The molecule has 1 heterocycles. The van der Waals surface area contributed by atoms with Crippen LogP contribution in [0.4, 0.5) is 5.82 Å².